The van der Waals surface area contributed by atoms with Crippen LogP contribution in [0.4, 0.5) is 5.82 Å². The van der Waals surface area contributed by atoms with Crippen LogP contribution in [0.5, 0.6) is 0 Å². The molecule has 0 bridgehead atoms. The quantitative estimate of drug-likeness (QED) is 0.691. The van der Waals surface area contributed by atoms with Crippen LogP contribution in [0.3, 0.4) is 0 Å². The van der Waals surface area contributed by atoms with Crippen molar-refractivity contribution < 1.29 is 9.84 Å². The molecule has 5 nitrogen and oxygen atoms in total. The number of ether oxygens (including phenoxy) is 1. The average Bonchev–Trinajstić information content (AvgIpc) is 2.25. The van der Waals surface area contributed by atoms with Gasteiger partial charge in [-0.1, -0.05) is 0 Å². The third kappa shape index (κ3) is 3.27. The number of nitrogens with zero attached hydrogens (tertiary/aromatic N) is 3. The molecule has 1 aromatic heterocycles. The van der Waals surface area contributed by atoms with E-state index in [0.29, 0.717) is 19.7 Å². The first-order valence-electron chi connectivity index (χ1n) is 4.51. The van der Waals surface area contributed by atoms with Crippen LogP contribution in [0.15, 0.2) is 18.3 Å². The van der Waals surface area contributed by atoms with E-state index >= 15 is 0 Å². The first-order chi connectivity index (χ1) is 6.88. The molecule has 0 saturated heterocycles. The molecule has 0 unspecified atom stereocenters. The van der Waals surface area contributed by atoms with E-state index in [0.717, 1.165) is 5.82 Å². The maximum absolute atomic E-state index is 8.87. The fraction of sp³-hybridized carbons (Fsp3) is 0.556. The Hall–Kier alpha value is -1.20. The van der Waals surface area contributed by atoms with E-state index in [1.807, 2.05) is 17.0 Å². The van der Waals surface area contributed by atoms with Gasteiger partial charge < -0.3 is 14.7 Å². The molecule has 0 spiro atoms. The van der Waals surface area contributed by atoms with Gasteiger partial charge in [0.25, 0.3) is 0 Å². The van der Waals surface area contributed by atoms with Gasteiger partial charge in [-0.05, 0) is 12.1 Å². The van der Waals surface area contributed by atoms with Gasteiger partial charge in [0.15, 0.2) is 5.82 Å². The Morgan fingerprint density at radius 1 is 1.50 bits per heavy atom. The van der Waals surface area contributed by atoms with Gasteiger partial charge >= 0.3 is 0 Å². The molecule has 14 heavy (non-hydrogen) atoms. The van der Waals surface area contributed by atoms with Crippen LogP contribution in [0, 0.1) is 0 Å². The molecular formula is C9H15N3O2. The van der Waals surface area contributed by atoms with E-state index in [1.165, 1.54) is 0 Å². The SMILES string of the molecule is COCCN(CCO)c1cccnn1. The minimum absolute atomic E-state index is 0.0975. The summed E-state index contributed by atoms with van der Waals surface area (Å²) in [5.74, 6) is 0.763. The van der Waals surface area contributed by atoms with E-state index in [4.69, 9.17) is 9.84 Å². The largest absolute Gasteiger partial charge is 0.395 e. The Kier molecular flexibility index (Phi) is 4.88. The summed E-state index contributed by atoms with van der Waals surface area (Å²) in [6.07, 6.45) is 1.62. The zero-order chi connectivity index (χ0) is 10.2. The van der Waals surface area contributed by atoms with Crippen LogP contribution in [0.2, 0.25) is 0 Å². The summed E-state index contributed by atoms with van der Waals surface area (Å²) >= 11 is 0. The highest BCUT2D eigenvalue weighted by atomic mass is 16.5. The monoisotopic (exact) mass is 197 g/mol. The first-order valence-corrected chi connectivity index (χ1v) is 4.51. The van der Waals surface area contributed by atoms with Crippen LogP contribution in [-0.2, 0) is 4.74 Å². The molecular weight excluding hydrogens is 182 g/mol. The molecule has 1 aromatic rings. The molecule has 0 aliphatic carbocycles. The summed E-state index contributed by atoms with van der Waals surface area (Å²) in [6.45, 7) is 1.95. The summed E-state index contributed by atoms with van der Waals surface area (Å²) in [5, 5.41) is 16.6. The lowest BCUT2D eigenvalue weighted by atomic mass is 10.4. The highest BCUT2D eigenvalue weighted by molar-refractivity contribution is 5.35. The molecule has 0 radical (unpaired) electrons. The smallest absolute Gasteiger partial charge is 0.151 e. The van der Waals surface area contributed by atoms with Crippen molar-refractivity contribution in [2.24, 2.45) is 0 Å². The molecule has 0 amide bonds. The number of hydrogen-bond acceptors (Lipinski definition) is 5. The number of aliphatic hydroxyl groups is 1. The second-order valence-electron chi connectivity index (χ2n) is 2.79. The Morgan fingerprint density at radius 3 is 2.93 bits per heavy atom. The zero-order valence-corrected chi connectivity index (χ0v) is 8.26. The Bertz CT molecular complexity index is 243. The number of anilines is 1. The predicted molar refractivity (Wildman–Crippen MR) is 53.2 cm³/mol. The van der Waals surface area contributed by atoms with Gasteiger partial charge in [0, 0.05) is 26.4 Å². The minimum atomic E-state index is 0.0975. The van der Waals surface area contributed by atoms with Crippen LogP contribution in [0.1, 0.15) is 0 Å². The number of methoxy groups -OCH3 is 1. The lowest BCUT2D eigenvalue weighted by Gasteiger charge is -2.21. The lowest BCUT2D eigenvalue weighted by molar-refractivity contribution is 0.202. The van der Waals surface area contributed by atoms with Crippen LogP contribution >= 0.6 is 0 Å². The third-order valence-corrected chi connectivity index (χ3v) is 1.82. The van der Waals surface area contributed by atoms with Crippen molar-refractivity contribution in [2.45, 2.75) is 0 Å². The van der Waals surface area contributed by atoms with E-state index < -0.39 is 0 Å². The summed E-state index contributed by atoms with van der Waals surface area (Å²) in [5.41, 5.74) is 0. The molecule has 0 atom stereocenters. The Labute approximate surface area is 83.3 Å². The fourth-order valence-corrected chi connectivity index (χ4v) is 1.13. The molecule has 0 saturated carbocycles. The average molecular weight is 197 g/mol. The molecule has 0 aliphatic rings. The van der Waals surface area contributed by atoms with E-state index in [1.54, 1.807) is 13.3 Å². The summed E-state index contributed by atoms with van der Waals surface area (Å²) < 4.78 is 4.97. The van der Waals surface area contributed by atoms with Gasteiger partial charge in [-0.3, -0.25) is 0 Å². The Morgan fingerprint density at radius 2 is 2.36 bits per heavy atom. The number of aliphatic hydroxyl groups excluding tert-OH is 1. The molecule has 1 rings (SSSR count). The minimum Gasteiger partial charge on any atom is -0.395 e. The van der Waals surface area contributed by atoms with Crippen molar-refractivity contribution in [3.8, 4) is 0 Å². The van der Waals surface area contributed by atoms with E-state index in [2.05, 4.69) is 10.2 Å². The zero-order valence-electron chi connectivity index (χ0n) is 8.26. The van der Waals surface area contributed by atoms with Gasteiger partial charge in [0.1, 0.15) is 0 Å². The van der Waals surface area contributed by atoms with Crippen molar-refractivity contribution in [2.75, 3.05) is 38.3 Å². The maximum atomic E-state index is 8.87. The van der Waals surface area contributed by atoms with Crippen LogP contribution in [0.25, 0.3) is 0 Å². The molecule has 1 N–H and O–H groups in total. The van der Waals surface area contributed by atoms with Gasteiger partial charge in [0.05, 0.1) is 13.2 Å². The normalized spacial score (nSPS) is 10.1. The van der Waals surface area contributed by atoms with Crippen LogP contribution < -0.4 is 4.90 Å². The maximum Gasteiger partial charge on any atom is 0.151 e. The summed E-state index contributed by atoms with van der Waals surface area (Å²) in [6, 6.07) is 3.68. The lowest BCUT2D eigenvalue weighted by Crippen LogP contribution is -2.30. The molecule has 5 heteroatoms. The molecule has 0 fully saturated rings. The van der Waals surface area contributed by atoms with Crippen molar-refractivity contribution in [1.82, 2.24) is 10.2 Å². The second-order valence-corrected chi connectivity index (χ2v) is 2.79. The highest BCUT2D eigenvalue weighted by Gasteiger charge is 2.05. The molecule has 0 aromatic carbocycles. The molecule has 1 heterocycles. The first kappa shape index (κ1) is 10.9. The summed E-state index contributed by atoms with van der Waals surface area (Å²) in [4.78, 5) is 1.93. The fourth-order valence-electron chi connectivity index (χ4n) is 1.13. The standard InChI is InChI=1S/C9H15N3O2/c1-14-8-6-12(5-7-13)9-3-2-4-10-11-9/h2-4,13H,5-8H2,1H3. The number of aromatic nitrogens is 2. The van der Waals surface area contributed by atoms with Crippen molar-refractivity contribution >= 4 is 5.82 Å². The van der Waals surface area contributed by atoms with E-state index in [-0.39, 0.29) is 6.61 Å². The van der Waals surface area contributed by atoms with Gasteiger partial charge in [-0.15, -0.1) is 5.10 Å². The van der Waals surface area contributed by atoms with Gasteiger partial charge in [-0.25, -0.2) is 0 Å². The number of rotatable bonds is 6. The highest BCUT2D eigenvalue weighted by Crippen LogP contribution is 2.06. The predicted octanol–water partition coefficient (Wildman–Crippen LogP) is -0.0783. The Balaban J connectivity index is 2.58. The van der Waals surface area contributed by atoms with Crippen molar-refractivity contribution in [3.05, 3.63) is 18.3 Å². The second kappa shape index (κ2) is 6.28. The molecule has 0 aliphatic heterocycles. The summed E-state index contributed by atoms with van der Waals surface area (Å²) in [7, 11) is 1.65. The van der Waals surface area contributed by atoms with E-state index in [9.17, 15) is 0 Å². The molecule has 78 valence electrons. The van der Waals surface area contributed by atoms with Crippen molar-refractivity contribution in [3.63, 3.8) is 0 Å². The number of hydrogen-bond donors (Lipinski definition) is 1. The van der Waals surface area contributed by atoms with Crippen LogP contribution in [-0.4, -0.2) is 48.7 Å². The third-order valence-electron chi connectivity index (χ3n) is 1.82. The van der Waals surface area contributed by atoms with Gasteiger partial charge in [0.2, 0.25) is 0 Å². The topological polar surface area (TPSA) is 58.5 Å². The van der Waals surface area contributed by atoms with Gasteiger partial charge in [-0.2, -0.15) is 5.10 Å². The van der Waals surface area contributed by atoms with Crippen molar-refractivity contribution in [1.29, 1.82) is 0 Å².